The highest BCUT2D eigenvalue weighted by Crippen LogP contribution is 2.40. The lowest BCUT2D eigenvalue weighted by Crippen LogP contribution is -2.34. The summed E-state index contributed by atoms with van der Waals surface area (Å²) in [5, 5.41) is 4.10. The van der Waals surface area contributed by atoms with E-state index in [1.165, 1.54) is 17.2 Å². The van der Waals surface area contributed by atoms with Gasteiger partial charge in [-0.15, -0.1) is 0 Å². The molecule has 0 N–H and O–H groups in total. The van der Waals surface area contributed by atoms with Gasteiger partial charge >= 0.3 is 6.03 Å². The molecule has 1 saturated carbocycles. The van der Waals surface area contributed by atoms with Gasteiger partial charge in [-0.3, -0.25) is 4.79 Å². The Morgan fingerprint density at radius 1 is 0.935 bits per heavy atom. The number of likely N-dealkylation sites (tertiary alicyclic amines) is 1. The van der Waals surface area contributed by atoms with Crippen molar-refractivity contribution in [2.24, 2.45) is 11.8 Å². The average Bonchev–Trinajstić information content (AvgIpc) is 3.49. The number of hydrogen-bond acceptors (Lipinski definition) is 4. The Morgan fingerprint density at radius 3 is 2.32 bits per heavy atom. The summed E-state index contributed by atoms with van der Waals surface area (Å²) >= 11 is 0. The fourth-order valence-electron chi connectivity index (χ4n) is 4.83. The summed E-state index contributed by atoms with van der Waals surface area (Å²) in [6.45, 7) is 2.87. The van der Waals surface area contributed by atoms with Crippen molar-refractivity contribution in [3.63, 3.8) is 0 Å². The first-order valence-electron chi connectivity index (χ1n) is 10.7. The highest BCUT2D eigenvalue weighted by atomic mass is 16.5. The minimum Gasteiger partial charge on any atom is -0.490 e. The van der Waals surface area contributed by atoms with Gasteiger partial charge in [0.05, 0.1) is 6.10 Å². The van der Waals surface area contributed by atoms with E-state index in [4.69, 9.17) is 4.74 Å². The van der Waals surface area contributed by atoms with Gasteiger partial charge in [-0.2, -0.15) is 9.78 Å². The molecular formula is C25H25N3O3. The summed E-state index contributed by atoms with van der Waals surface area (Å²) in [5.41, 5.74) is 2.65. The molecule has 5 rings (SSSR count). The summed E-state index contributed by atoms with van der Waals surface area (Å²) in [7, 11) is 0. The highest BCUT2D eigenvalue weighted by molar-refractivity contribution is 5.92. The molecule has 0 unspecified atom stereocenters. The van der Waals surface area contributed by atoms with Crippen molar-refractivity contribution in [1.29, 1.82) is 0 Å². The number of Topliss-reactive ketones (excluding diaryl/α,β-unsaturated/α-hetero) is 1. The Balaban J connectivity index is 1.20. The molecule has 2 heterocycles. The number of hydrogen-bond donors (Lipinski definition) is 0. The normalized spacial score (nSPS) is 22.4. The highest BCUT2D eigenvalue weighted by Gasteiger charge is 2.43. The van der Waals surface area contributed by atoms with Gasteiger partial charge in [0, 0.05) is 26.2 Å². The molecule has 2 aromatic carbocycles. The molecule has 1 aromatic heterocycles. The number of amides is 1. The first kappa shape index (κ1) is 19.5. The van der Waals surface area contributed by atoms with Crippen LogP contribution in [-0.2, 0) is 0 Å². The number of aromatic nitrogens is 2. The van der Waals surface area contributed by atoms with Crippen LogP contribution in [-0.4, -0.2) is 45.7 Å². The molecule has 2 fully saturated rings. The largest absolute Gasteiger partial charge is 0.490 e. The lowest BCUT2D eigenvalue weighted by atomic mass is 10.0. The number of ketones is 1. The van der Waals surface area contributed by atoms with Crippen LogP contribution in [0.5, 0.6) is 5.75 Å². The second kappa shape index (κ2) is 8.02. The van der Waals surface area contributed by atoms with Gasteiger partial charge in [-0.1, -0.05) is 42.5 Å². The maximum absolute atomic E-state index is 12.7. The van der Waals surface area contributed by atoms with Crippen LogP contribution in [0.3, 0.4) is 0 Å². The van der Waals surface area contributed by atoms with Gasteiger partial charge < -0.3 is 9.64 Å². The predicted octanol–water partition coefficient (Wildman–Crippen LogP) is 4.51. The molecule has 3 aromatic rings. The van der Waals surface area contributed by atoms with Crippen LogP contribution in [0.25, 0.3) is 11.1 Å². The number of fused-ring (bicyclic) bond motifs is 1. The molecule has 1 amide bonds. The predicted molar refractivity (Wildman–Crippen MR) is 117 cm³/mol. The minimum absolute atomic E-state index is 0.138. The van der Waals surface area contributed by atoms with E-state index in [0.29, 0.717) is 30.6 Å². The van der Waals surface area contributed by atoms with Crippen molar-refractivity contribution in [3.05, 3.63) is 72.6 Å². The van der Waals surface area contributed by atoms with Gasteiger partial charge in [-0.05, 0) is 54.0 Å². The van der Waals surface area contributed by atoms with Crippen molar-refractivity contribution < 1.29 is 14.3 Å². The molecule has 2 aliphatic rings. The summed E-state index contributed by atoms with van der Waals surface area (Å²) in [5.74, 6) is 1.64. The number of nitrogens with zero attached hydrogens (tertiary/aromatic N) is 3. The van der Waals surface area contributed by atoms with Crippen LogP contribution in [0, 0.1) is 11.8 Å². The third kappa shape index (κ3) is 3.98. The van der Waals surface area contributed by atoms with Crippen LogP contribution in [0.4, 0.5) is 4.79 Å². The van der Waals surface area contributed by atoms with Gasteiger partial charge in [0.25, 0.3) is 0 Å². The molecule has 158 valence electrons. The van der Waals surface area contributed by atoms with E-state index in [1.54, 1.807) is 12.3 Å². The van der Waals surface area contributed by atoms with Crippen molar-refractivity contribution in [2.45, 2.75) is 25.9 Å². The minimum atomic E-state index is -0.157. The molecule has 0 radical (unpaired) electrons. The fourth-order valence-corrected chi connectivity index (χ4v) is 4.83. The summed E-state index contributed by atoms with van der Waals surface area (Å²) in [6.07, 6.45) is 3.63. The Morgan fingerprint density at radius 2 is 1.65 bits per heavy atom. The van der Waals surface area contributed by atoms with Crippen molar-refractivity contribution >= 4 is 11.8 Å². The van der Waals surface area contributed by atoms with Crippen LogP contribution in [0.15, 0.2) is 66.9 Å². The molecule has 6 nitrogen and oxygen atoms in total. The third-order valence-corrected chi connectivity index (χ3v) is 6.37. The van der Waals surface area contributed by atoms with E-state index in [-0.39, 0.29) is 17.9 Å². The van der Waals surface area contributed by atoms with E-state index < -0.39 is 0 Å². The molecule has 1 aliphatic carbocycles. The van der Waals surface area contributed by atoms with E-state index >= 15 is 0 Å². The summed E-state index contributed by atoms with van der Waals surface area (Å²) in [6, 6.07) is 20.0. The SMILES string of the molecule is CC(=O)c1ccn(C(=O)N2C[C@H]3C[C@H](Oc4cccc(-c5ccccc5)c4)C[C@H]3C2)n1. The zero-order valence-corrected chi connectivity index (χ0v) is 17.5. The maximum atomic E-state index is 12.7. The Hall–Kier alpha value is -3.41. The lowest BCUT2D eigenvalue weighted by molar-refractivity contribution is 0.101. The topological polar surface area (TPSA) is 64.4 Å². The van der Waals surface area contributed by atoms with Crippen LogP contribution in [0.1, 0.15) is 30.3 Å². The molecule has 1 saturated heterocycles. The van der Waals surface area contributed by atoms with E-state index in [0.717, 1.165) is 24.2 Å². The molecular weight excluding hydrogens is 390 g/mol. The van der Waals surface area contributed by atoms with Crippen LogP contribution >= 0.6 is 0 Å². The number of benzene rings is 2. The molecule has 0 spiro atoms. The Bertz CT molecular complexity index is 1090. The van der Waals surface area contributed by atoms with Gasteiger partial charge in [0.15, 0.2) is 5.78 Å². The Labute approximate surface area is 181 Å². The fraction of sp³-hybridized carbons (Fsp3) is 0.320. The molecule has 3 atom stereocenters. The number of rotatable bonds is 4. The average molecular weight is 415 g/mol. The summed E-state index contributed by atoms with van der Waals surface area (Å²) < 4.78 is 7.60. The maximum Gasteiger partial charge on any atom is 0.344 e. The molecule has 6 heteroatoms. The third-order valence-electron chi connectivity index (χ3n) is 6.37. The van der Waals surface area contributed by atoms with E-state index in [2.05, 4.69) is 29.4 Å². The number of carbonyl (C=O) groups is 2. The van der Waals surface area contributed by atoms with Gasteiger partial charge in [-0.25, -0.2) is 4.79 Å². The Kier molecular flexibility index (Phi) is 5.06. The van der Waals surface area contributed by atoms with E-state index in [9.17, 15) is 9.59 Å². The number of carbonyl (C=O) groups excluding carboxylic acids is 2. The molecule has 0 bridgehead atoms. The van der Waals surface area contributed by atoms with Gasteiger partial charge in [0.1, 0.15) is 11.4 Å². The smallest absolute Gasteiger partial charge is 0.344 e. The monoisotopic (exact) mass is 415 g/mol. The standard InChI is InChI=1S/C25H25N3O3/c1-17(29)24-10-11-28(26-24)25(30)27-15-20-13-23(14-21(20)16-27)31-22-9-5-8-19(12-22)18-6-3-2-4-7-18/h2-12,20-21,23H,13-16H2,1H3/t20-,21+,23+. The van der Waals surface area contributed by atoms with Crippen molar-refractivity contribution in [2.75, 3.05) is 13.1 Å². The first-order valence-corrected chi connectivity index (χ1v) is 10.7. The molecule has 31 heavy (non-hydrogen) atoms. The van der Waals surface area contributed by atoms with E-state index in [1.807, 2.05) is 35.2 Å². The zero-order valence-electron chi connectivity index (χ0n) is 17.5. The van der Waals surface area contributed by atoms with Crippen molar-refractivity contribution in [3.8, 4) is 16.9 Å². The lowest BCUT2D eigenvalue weighted by Gasteiger charge is -2.20. The van der Waals surface area contributed by atoms with Gasteiger partial charge in [0.2, 0.25) is 0 Å². The quantitative estimate of drug-likeness (QED) is 0.588. The zero-order chi connectivity index (χ0) is 21.4. The second-order valence-corrected chi connectivity index (χ2v) is 8.51. The number of ether oxygens (including phenoxy) is 1. The molecule has 1 aliphatic heterocycles. The summed E-state index contributed by atoms with van der Waals surface area (Å²) in [4.78, 5) is 26.0. The second-order valence-electron chi connectivity index (χ2n) is 8.51. The van der Waals surface area contributed by atoms with Crippen LogP contribution < -0.4 is 4.74 Å². The van der Waals surface area contributed by atoms with Crippen molar-refractivity contribution in [1.82, 2.24) is 14.7 Å². The first-order chi connectivity index (χ1) is 15.1. The van der Waals surface area contributed by atoms with Crippen LogP contribution in [0.2, 0.25) is 0 Å².